The van der Waals surface area contributed by atoms with Crippen molar-refractivity contribution in [1.29, 1.82) is 0 Å². The number of halogens is 1. The van der Waals surface area contributed by atoms with Crippen LogP contribution in [0, 0.1) is 0 Å². The molecule has 1 heterocycles. The largest absolute Gasteiger partial charge is 0.338 e. The van der Waals surface area contributed by atoms with Gasteiger partial charge in [-0.05, 0) is 6.26 Å². The Bertz CT molecular complexity index is 203. The summed E-state index contributed by atoms with van der Waals surface area (Å²) in [6.45, 7) is 0. The van der Waals surface area contributed by atoms with Crippen molar-refractivity contribution in [2.45, 2.75) is 11.6 Å². The number of hydrogen-bond donors (Lipinski definition) is 0. The Morgan fingerprint density at radius 2 is 2.50 bits per heavy atom. The molecule has 3 nitrogen and oxygen atoms in total. The number of alkyl halides is 1. The number of rotatable bonds is 3. The minimum absolute atomic E-state index is 0.293. The van der Waals surface area contributed by atoms with Crippen molar-refractivity contribution in [2.75, 3.05) is 6.26 Å². The van der Waals surface area contributed by atoms with Gasteiger partial charge in [0.15, 0.2) is 5.82 Å². The van der Waals surface area contributed by atoms with Gasteiger partial charge in [0.25, 0.3) is 0 Å². The van der Waals surface area contributed by atoms with Gasteiger partial charge in [-0.25, -0.2) is 0 Å². The third kappa shape index (κ3) is 1.88. The van der Waals surface area contributed by atoms with E-state index in [2.05, 4.69) is 10.1 Å². The Kier molecular flexibility index (Phi) is 3.02. The maximum atomic E-state index is 5.44. The predicted molar refractivity (Wildman–Crippen MR) is 41.1 cm³/mol. The van der Waals surface area contributed by atoms with E-state index >= 15 is 0 Å². The van der Waals surface area contributed by atoms with E-state index in [1.54, 1.807) is 11.8 Å². The Labute approximate surface area is 68.1 Å². The van der Waals surface area contributed by atoms with Crippen LogP contribution in [0.5, 0.6) is 0 Å². The van der Waals surface area contributed by atoms with Gasteiger partial charge in [-0.15, -0.1) is 11.6 Å². The molecule has 0 aromatic carbocycles. The molecule has 0 amide bonds. The van der Waals surface area contributed by atoms with E-state index in [-0.39, 0.29) is 0 Å². The summed E-state index contributed by atoms with van der Waals surface area (Å²) in [6, 6.07) is 0. The highest BCUT2D eigenvalue weighted by atomic mass is 35.5. The van der Waals surface area contributed by atoms with Crippen molar-refractivity contribution in [3.8, 4) is 0 Å². The topological polar surface area (TPSA) is 38.9 Å². The van der Waals surface area contributed by atoms with Crippen LogP contribution in [0.3, 0.4) is 0 Å². The molecule has 0 radical (unpaired) electrons. The summed E-state index contributed by atoms with van der Waals surface area (Å²) in [7, 11) is 0. The van der Waals surface area contributed by atoms with Crippen LogP contribution in [0.15, 0.2) is 4.52 Å². The fourth-order valence-corrected chi connectivity index (χ4v) is 1.02. The van der Waals surface area contributed by atoms with E-state index in [9.17, 15) is 0 Å². The minimum atomic E-state index is 0.293. The van der Waals surface area contributed by atoms with Crippen LogP contribution in [0.2, 0.25) is 0 Å². The third-order valence-corrected chi connectivity index (χ3v) is 1.67. The monoisotopic (exact) mass is 178 g/mol. The molecule has 0 aliphatic carbocycles. The first kappa shape index (κ1) is 7.88. The molecule has 0 saturated carbocycles. The fraction of sp³-hybridized carbons (Fsp3) is 0.600. The lowest BCUT2D eigenvalue weighted by molar-refractivity contribution is 0.386. The molecule has 56 valence electrons. The van der Waals surface area contributed by atoms with Crippen molar-refractivity contribution < 1.29 is 4.52 Å². The second-order valence-corrected chi connectivity index (χ2v) is 2.80. The molecule has 0 atom stereocenters. The van der Waals surface area contributed by atoms with Crippen LogP contribution in [-0.4, -0.2) is 16.4 Å². The SMILES string of the molecule is CSCc1noc(CCl)n1. The molecule has 0 aliphatic heterocycles. The Morgan fingerprint density at radius 1 is 1.70 bits per heavy atom. The van der Waals surface area contributed by atoms with E-state index < -0.39 is 0 Å². The second kappa shape index (κ2) is 3.83. The fourth-order valence-electron chi connectivity index (χ4n) is 0.532. The zero-order valence-electron chi connectivity index (χ0n) is 5.50. The van der Waals surface area contributed by atoms with Crippen molar-refractivity contribution in [2.24, 2.45) is 0 Å². The van der Waals surface area contributed by atoms with Gasteiger partial charge in [-0.3, -0.25) is 0 Å². The maximum Gasteiger partial charge on any atom is 0.241 e. The summed E-state index contributed by atoms with van der Waals surface area (Å²) in [5, 5.41) is 3.69. The van der Waals surface area contributed by atoms with E-state index in [1.807, 2.05) is 6.26 Å². The smallest absolute Gasteiger partial charge is 0.241 e. The van der Waals surface area contributed by atoms with E-state index in [1.165, 1.54) is 0 Å². The molecule has 1 aromatic heterocycles. The van der Waals surface area contributed by atoms with Crippen LogP contribution < -0.4 is 0 Å². The molecular formula is C5H7ClN2OS. The molecule has 0 saturated heterocycles. The van der Waals surface area contributed by atoms with Crippen LogP contribution in [0.25, 0.3) is 0 Å². The van der Waals surface area contributed by atoms with E-state index in [4.69, 9.17) is 16.1 Å². The Balaban J connectivity index is 2.59. The summed E-state index contributed by atoms with van der Waals surface area (Å²) >= 11 is 7.09. The average molecular weight is 179 g/mol. The van der Waals surface area contributed by atoms with Gasteiger partial charge in [0.05, 0.1) is 5.75 Å². The van der Waals surface area contributed by atoms with Gasteiger partial charge in [-0.1, -0.05) is 5.16 Å². The predicted octanol–water partition coefficient (Wildman–Crippen LogP) is 1.67. The minimum Gasteiger partial charge on any atom is -0.338 e. The molecule has 1 aromatic rings. The van der Waals surface area contributed by atoms with Crippen molar-refractivity contribution in [1.82, 2.24) is 10.1 Å². The van der Waals surface area contributed by atoms with Gasteiger partial charge in [0, 0.05) is 0 Å². The second-order valence-electron chi connectivity index (χ2n) is 1.67. The number of aromatic nitrogens is 2. The standard InChI is InChI=1S/C5H7ClN2OS/c1-10-3-4-7-5(2-6)9-8-4/h2-3H2,1H3. The third-order valence-electron chi connectivity index (χ3n) is 0.898. The molecular weight excluding hydrogens is 172 g/mol. The zero-order chi connectivity index (χ0) is 7.40. The van der Waals surface area contributed by atoms with E-state index in [0.29, 0.717) is 17.6 Å². The highest BCUT2D eigenvalue weighted by molar-refractivity contribution is 7.97. The summed E-state index contributed by atoms with van der Waals surface area (Å²) in [4.78, 5) is 3.99. The number of nitrogens with zero attached hydrogens (tertiary/aromatic N) is 2. The van der Waals surface area contributed by atoms with Gasteiger partial charge in [0.1, 0.15) is 5.88 Å². The summed E-state index contributed by atoms with van der Waals surface area (Å²) in [6.07, 6.45) is 1.98. The highest BCUT2D eigenvalue weighted by Gasteiger charge is 2.02. The first-order valence-corrected chi connectivity index (χ1v) is 4.66. The molecule has 0 aliphatic rings. The lowest BCUT2D eigenvalue weighted by Crippen LogP contribution is -1.82. The quantitative estimate of drug-likeness (QED) is 0.661. The van der Waals surface area contributed by atoms with Crippen molar-refractivity contribution >= 4 is 23.4 Å². The molecule has 0 unspecified atom stereocenters. The van der Waals surface area contributed by atoms with Crippen LogP contribution in [-0.2, 0) is 11.6 Å². The van der Waals surface area contributed by atoms with E-state index in [0.717, 1.165) is 5.75 Å². The molecule has 10 heavy (non-hydrogen) atoms. The number of thioether (sulfide) groups is 1. The van der Waals surface area contributed by atoms with Crippen molar-refractivity contribution in [3.63, 3.8) is 0 Å². The first-order chi connectivity index (χ1) is 4.86. The Morgan fingerprint density at radius 3 is 3.00 bits per heavy atom. The lowest BCUT2D eigenvalue weighted by Gasteiger charge is -1.82. The average Bonchev–Trinajstić information content (AvgIpc) is 2.37. The van der Waals surface area contributed by atoms with Crippen molar-refractivity contribution in [3.05, 3.63) is 11.7 Å². The zero-order valence-corrected chi connectivity index (χ0v) is 7.08. The molecule has 1 rings (SSSR count). The molecule has 0 N–H and O–H groups in total. The van der Waals surface area contributed by atoms with Gasteiger partial charge in [-0.2, -0.15) is 16.7 Å². The van der Waals surface area contributed by atoms with Gasteiger partial charge >= 0.3 is 0 Å². The summed E-state index contributed by atoms with van der Waals surface area (Å²) < 4.78 is 4.76. The van der Waals surface area contributed by atoms with Gasteiger partial charge < -0.3 is 4.52 Å². The van der Waals surface area contributed by atoms with Crippen LogP contribution in [0.1, 0.15) is 11.7 Å². The maximum absolute atomic E-state index is 5.44. The first-order valence-electron chi connectivity index (χ1n) is 2.73. The summed E-state index contributed by atoms with van der Waals surface area (Å²) in [5.74, 6) is 2.27. The lowest BCUT2D eigenvalue weighted by atomic mass is 10.7. The molecule has 0 spiro atoms. The highest BCUT2D eigenvalue weighted by Crippen LogP contribution is 2.06. The molecule has 5 heteroatoms. The molecule has 0 bridgehead atoms. The summed E-state index contributed by atoms with van der Waals surface area (Å²) in [5.41, 5.74) is 0. The normalized spacial score (nSPS) is 10.2. The Hall–Kier alpha value is -0.220. The van der Waals surface area contributed by atoms with Gasteiger partial charge in [0.2, 0.25) is 5.89 Å². The molecule has 0 fully saturated rings. The van der Waals surface area contributed by atoms with Crippen LogP contribution >= 0.6 is 23.4 Å². The van der Waals surface area contributed by atoms with Crippen LogP contribution in [0.4, 0.5) is 0 Å². The number of hydrogen-bond acceptors (Lipinski definition) is 4.